The van der Waals surface area contributed by atoms with Gasteiger partial charge in [-0.2, -0.15) is 17.0 Å². The summed E-state index contributed by atoms with van der Waals surface area (Å²) in [6, 6.07) is 4.45. The van der Waals surface area contributed by atoms with Crippen molar-refractivity contribution in [3.8, 4) is 5.75 Å². The summed E-state index contributed by atoms with van der Waals surface area (Å²) in [5, 5.41) is 3.11. The maximum absolute atomic E-state index is 13.6. The molecule has 21 heavy (non-hydrogen) atoms. The van der Waals surface area contributed by atoms with Crippen LogP contribution in [0.5, 0.6) is 5.75 Å². The molecule has 0 amide bonds. The second kappa shape index (κ2) is 6.69. The second-order valence-corrected chi connectivity index (χ2v) is 6.92. The lowest BCUT2D eigenvalue weighted by Gasteiger charge is -2.30. The molecule has 0 atom stereocenters. The van der Waals surface area contributed by atoms with Crippen molar-refractivity contribution in [2.75, 3.05) is 40.3 Å². The highest BCUT2D eigenvalue weighted by atomic mass is 32.2. The number of halogens is 1. The molecule has 0 aliphatic carbocycles. The Bertz CT molecular complexity index is 588. The molecule has 0 radical (unpaired) electrons. The molecule has 1 saturated heterocycles. The van der Waals surface area contributed by atoms with E-state index in [0.29, 0.717) is 31.7 Å². The Morgan fingerprint density at radius 1 is 1.38 bits per heavy atom. The molecule has 1 aromatic carbocycles. The fourth-order valence-electron chi connectivity index (χ4n) is 2.22. The highest BCUT2D eigenvalue weighted by molar-refractivity contribution is 7.86. The molecule has 6 nitrogen and oxygen atoms in total. The van der Waals surface area contributed by atoms with E-state index in [1.807, 2.05) is 0 Å². The Hall–Kier alpha value is -1.22. The van der Waals surface area contributed by atoms with Gasteiger partial charge < -0.3 is 10.1 Å². The highest BCUT2D eigenvalue weighted by Gasteiger charge is 2.28. The average Bonchev–Trinajstić information content (AvgIpc) is 2.48. The van der Waals surface area contributed by atoms with Gasteiger partial charge in [-0.15, -0.1) is 0 Å². The quantitative estimate of drug-likeness (QED) is 0.855. The Morgan fingerprint density at radius 2 is 2.05 bits per heavy atom. The molecule has 1 aliphatic rings. The van der Waals surface area contributed by atoms with Gasteiger partial charge in [0.05, 0.1) is 7.11 Å². The van der Waals surface area contributed by atoms with E-state index in [2.05, 4.69) is 5.32 Å². The normalized spacial score (nSPS) is 17.1. The van der Waals surface area contributed by atoms with E-state index in [9.17, 15) is 12.8 Å². The zero-order valence-electron chi connectivity index (χ0n) is 12.2. The smallest absolute Gasteiger partial charge is 0.282 e. The van der Waals surface area contributed by atoms with E-state index >= 15 is 0 Å². The van der Waals surface area contributed by atoms with Crippen LogP contribution >= 0.6 is 0 Å². The molecule has 1 aliphatic heterocycles. The molecule has 0 aromatic heterocycles. The third-order valence-corrected chi connectivity index (χ3v) is 5.35. The summed E-state index contributed by atoms with van der Waals surface area (Å²) in [4.78, 5) is 0. The number of benzene rings is 1. The van der Waals surface area contributed by atoms with E-state index in [-0.39, 0.29) is 12.3 Å². The first kappa shape index (κ1) is 16.2. The molecule has 0 bridgehead atoms. The van der Waals surface area contributed by atoms with Gasteiger partial charge in [0.1, 0.15) is 0 Å². The van der Waals surface area contributed by atoms with Crippen molar-refractivity contribution in [1.82, 2.24) is 13.9 Å². The standard InChI is InChI=1S/C13H20FN3O3S/c1-16(21(18,19)17-7-5-15-6-8-17)10-11-3-4-13(20-2)12(14)9-11/h3-4,9,15H,5-8,10H2,1-2H3. The lowest BCUT2D eigenvalue weighted by molar-refractivity contribution is 0.324. The molecular formula is C13H20FN3O3S. The van der Waals surface area contributed by atoms with Crippen molar-refractivity contribution < 1.29 is 17.5 Å². The first-order chi connectivity index (χ1) is 9.95. The first-order valence-electron chi connectivity index (χ1n) is 6.69. The minimum Gasteiger partial charge on any atom is -0.494 e. The molecule has 1 fully saturated rings. The third kappa shape index (κ3) is 3.70. The van der Waals surface area contributed by atoms with E-state index in [4.69, 9.17) is 4.74 Å². The number of nitrogens with zero attached hydrogens (tertiary/aromatic N) is 2. The van der Waals surface area contributed by atoms with Crippen LogP contribution in [0.1, 0.15) is 5.56 Å². The minimum absolute atomic E-state index is 0.118. The van der Waals surface area contributed by atoms with Crippen molar-refractivity contribution in [1.29, 1.82) is 0 Å². The Morgan fingerprint density at radius 3 is 2.62 bits per heavy atom. The summed E-state index contributed by atoms with van der Waals surface area (Å²) in [7, 11) is -0.628. The zero-order valence-corrected chi connectivity index (χ0v) is 13.0. The van der Waals surface area contributed by atoms with Crippen LogP contribution in [0.3, 0.4) is 0 Å². The highest BCUT2D eigenvalue weighted by Crippen LogP contribution is 2.19. The van der Waals surface area contributed by atoms with Gasteiger partial charge in [-0.05, 0) is 17.7 Å². The molecule has 0 spiro atoms. The maximum atomic E-state index is 13.6. The van der Waals surface area contributed by atoms with Crippen molar-refractivity contribution in [3.05, 3.63) is 29.6 Å². The first-order valence-corrected chi connectivity index (χ1v) is 8.09. The summed E-state index contributed by atoms with van der Waals surface area (Å²) in [5.41, 5.74) is 0.578. The Labute approximate surface area is 124 Å². The lowest BCUT2D eigenvalue weighted by Crippen LogP contribution is -2.50. The summed E-state index contributed by atoms with van der Waals surface area (Å²) in [6.45, 7) is 2.30. The number of nitrogens with one attached hydrogen (secondary N) is 1. The summed E-state index contributed by atoms with van der Waals surface area (Å²) in [5.74, 6) is -0.352. The molecule has 8 heteroatoms. The lowest BCUT2D eigenvalue weighted by atomic mass is 10.2. The molecule has 0 saturated carbocycles. The van der Waals surface area contributed by atoms with Gasteiger partial charge in [-0.3, -0.25) is 0 Å². The summed E-state index contributed by atoms with van der Waals surface area (Å²) < 4.78 is 46.0. The van der Waals surface area contributed by atoms with E-state index in [1.54, 1.807) is 6.07 Å². The number of piperazine rings is 1. The SMILES string of the molecule is COc1ccc(CN(C)S(=O)(=O)N2CCNCC2)cc1F. The topological polar surface area (TPSA) is 61.9 Å². The molecule has 1 N–H and O–H groups in total. The summed E-state index contributed by atoms with van der Waals surface area (Å²) >= 11 is 0. The van der Waals surface area contributed by atoms with Gasteiger partial charge in [0.25, 0.3) is 10.2 Å². The number of hydrogen-bond donors (Lipinski definition) is 1. The van der Waals surface area contributed by atoms with Crippen molar-refractivity contribution >= 4 is 10.2 Å². The van der Waals surface area contributed by atoms with Gasteiger partial charge >= 0.3 is 0 Å². The van der Waals surface area contributed by atoms with Crippen molar-refractivity contribution in [2.45, 2.75) is 6.54 Å². The third-order valence-electron chi connectivity index (χ3n) is 3.42. The van der Waals surface area contributed by atoms with E-state index in [1.165, 1.54) is 34.9 Å². The number of rotatable bonds is 5. The zero-order chi connectivity index (χ0) is 15.5. The molecule has 0 unspecified atom stereocenters. The predicted molar refractivity (Wildman–Crippen MR) is 77.8 cm³/mol. The van der Waals surface area contributed by atoms with Crippen LogP contribution < -0.4 is 10.1 Å². The molecule has 1 aromatic rings. The molecule has 2 rings (SSSR count). The Kier molecular flexibility index (Phi) is 5.15. The van der Waals surface area contributed by atoms with Crippen LogP contribution in [0, 0.1) is 5.82 Å². The van der Waals surface area contributed by atoms with Crippen LogP contribution in [0.4, 0.5) is 4.39 Å². The maximum Gasteiger partial charge on any atom is 0.282 e. The van der Waals surface area contributed by atoms with Gasteiger partial charge in [-0.1, -0.05) is 6.07 Å². The van der Waals surface area contributed by atoms with Crippen LogP contribution in [0.2, 0.25) is 0 Å². The van der Waals surface area contributed by atoms with Crippen LogP contribution in [-0.4, -0.2) is 57.4 Å². The van der Waals surface area contributed by atoms with Gasteiger partial charge in [0, 0.05) is 39.8 Å². The largest absolute Gasteiger partial charge is 0.494 e. The van der Waals surface area contributed by atoms with Gasteiger partial charge in [-0.25, -0.2) is 4.39 Å². The minimum atomic E-state index is -3.52. The average molecular weight is 317 g/mol. The van der Waals surface area contributed by atoms with Crippen LogP contribution in [0.15, 0.2) is 18.2 Å². The Balaban J connectivity index is 2.09. The fraction of sp³-hybridized carbons (Fsp3) is 0.538. The molecular weight excluding hydrogens is 297 g/mol. The molecule has 1 heterocycles. The van der Waals surface area contributed by atoms with E-state index in [0.717, 1.165) is 0 Å². The van der Waals surface area contributed by atoms with Crippen molar-refractivity contribution in [3.63, 3.8) is 0 Å². The van der Waals surface area contributed by atoms with Gasteiger partial charge in [0.2, 0.25) is 0 Å². The fourth-order valence-corrected chi connectivity index (χ4v) is 3.57. The van der Waals surface area contributed by atoms with E-state index < -0.39 is 16.0 Å². The number of hydrogen-bond acceptors (Lipinski definition) is 4. The summed E-state index contributed by atoms with van der Waals surface area (Å²) in [6.07, 6.45) is 0. The second-order valence-electron chi connectivity index (χ2n) is 4.88. The van der Waals surface area contributed by atoms with Crippen molar-refractivity contribution in [2.24, 2.45) is 0 Å². The molecule has 118 valence electrons. The predicted octanol–water partition coefficient (Wildman–Crippen LogP) is 0.416. The number of methoxy groups -OCH3 is 1. The van der Waals surface area contributed by atoms with Gasteiger partial charge in [0.15, 0.2) is 11.6 Å². The van der Waals surface area contributed by atoms with Crippen LogP contribution in [-0.2, 0) is 16.8 Å². The number of ether oxygens (including phenoxy) is 1. The monoisotopic (exact) mass is 317 g/mol. The van der Waals surface area contributed by atoms with Crippen LogP contribution in [0.25, 0.3) is 0 Å².